The molecule has 26 heavy (non-hydrogen) atoms. The third kappa shape index (κ3) is 4.40. The van der Waals surface area contributed by atoms with Gasteiger partial charge in [0.25, 0.3) is 0 Å². The van der Waals surface area contributed by atoms with Crippen LogP contribution in [0.1, 0.15) is 12.0 Å². The van der Waals surface area contributed by atoms with Crippen LogP contribution in [-0.4, -0.2) is 25.1 Å². The Morgan fingerprint density at radius 1 is 1.08 bits per heavy atom. The van der Waals surface area contributed by atoms with Crippen molar-refractivity contribution in [2.75, 3.05) is 19.5 Å². The first-order chi connectivity index (χ1) is 12.7. The lowest BCUT2D eigenvalue weighted by Gasteiger charge is -2.07. The summed E-state index contributed by atoms with van der Waals surface area (Å²) in [5, 5.41) is 5.39. The second-order valence-electron chi connectivity index (χ2n) is 5.63. The Hall–Kier alpha value is -2.86. The molecular weight excluding hydrogens is 348 g/mol. The molecule has 0 aliphatic heterocycles. The van der Waals surface area contributed by atoms with Gasteiger partial charge in [-0.1, -0.05) is 18.2 Å². The summed E-state index contributed by atoms with van der Waals surface area (Å²) in [7, 11) is 3.27. The first kappa shape index (κ1) is 17.9. The van der Waals surface area contributed by atoms with Crippen molar-refractivity contribution >= 4 is 22.4 Å². The summed E-state index contributed by atoms with van der Waals surface area (Å²) in [4.78, 5) is 16.7. The van der Waals surface area contributed by atoms with Crippen LogP contribution in [0.2, 0.25) is 0 Å². The van der Waals surface area contributed by atoms with Gasteiger partial charge in [0.2, 0.25) is 5.91 Å². The third-order valence-electron chi connectivity index (χ3n) is 3.95. The van der Waals surface area contributed by atoms with Gasteiger partial charge in [0, 0.05) is 17.4 Å². The zero-order chi connectivity index (χ0) is 18.4. The number of carbonyl (C=O) groups excluding carboxylic acids is 1. The number of ether oxygens (including phenoxy) is 2. The topological polar surface area (TPSA) is 60.5 Å². The van der Waals surface area contributed by atoms with E-state index < -0.39 is 0 Å². The van der Waals surface area contributed by atoms with Crippen LogP contribution in [0.15, 0.2) is 53.9 Å². The molecule has 0 saturated heterocycles. The van der Waals surface area contributed by atoms with Crippen molar-refractivity contribution in [3.05, 3.63) is 59.5 Å². The second-order valence-corrected chi connectivity index (χ2v) is 6.48. The SMILES string of the molecule is COc1ccc(-c2csc(NC(=O)CCc3ccccc3OC)n2)cc1. The summed E-state index contributed by atoms with van der Waals surface area (Å²) in [5.74, 6) is 1.54. The maximum atomic E-state index is 12.2. The number of para-hydroxylation sites is 1. The van der Waals surface area contributed by atoms with Gasteiger partial charge in [0.1, 0.15) is 11.5 Å². The van der Waals surface area contributed by atoms with Crippen LogP contribution in [-0.2, 0) is 11.2 Å². The van der Waals surface area contributed by atoms with E-state index >= 15 is 0 Å². The number of nitrogens with one attached hydrogen (secondary N) is 1. The summed E-state index contributed by atoms with van der Waals surface area (Å²) >= 11 is 1.41. The maximum Gasteiger partial charge on any atom is 0.226 e. The minimum absolute atomic E-state index is 0.0634. The van der Waals surface area contributed by atoms with E-state index in [1.807, 2.05) is 53.9 Å². The van der Waals surface area contributed by atoms with E-state index in [1.165, 1.54) is 11.3 Å². The standard InChI is InChI=1S/C20H20N2O3S/c1-24-16-10-7-14(8-11-16)17-13-26-20(21-17)22-19(23)12-9-15-5-3-4-6-18(15)25-2/h3-8,10-11,13H,9,12H2,1-2H3,(H,21,22,23). The monoisotopic (exact) mass is 368 g/mol. The molecule has 1 heterocycles. The van der Waals surface area contributed by atoms with Crippen LogP contribution in [0.4, 0.5) is 5.13 Å². The Morgan fingerprint density at radius 2 is 1.85 bits per heavy atom. The lowest BCUT2D eigenvalue weighted by Crippen LogP contribution is -2.12. The van der Waals surface area contributed by atoms with Crippen molar-refractivity contribution in [2.24, 2.45) is 0 Å². The number of methoxy groups -OCH3 is 2. The Morgan fingerprint density at radius 3 is 2.58 bits per heavy atom. The maximum absolute atomic E-state index is 12.2. The molecule has 1 amide bonds. The second kappa shape index (κ2) is 8.49. The number of nitrogens with zero attached hydrogens (tertiary/aromatic N) is 1. The van der Waals surface area contributed by atoms with E-state index in [1.54, 1.807) is 14.2 Å². The highest BCUT2D eigenvalue weighted by atomic mass is 32.1. The molecule has 6 heteroatoms. The van der Waals surface area contributed by atoms with Gasteiger partial charge in [-0.25, -0.2) is 4.98 Å². The van der Waals surface area contributed by atoms with Gasteiger partial charge in [-0.05, 0) is 42.3 Å². The van der Waals surface area contributed by atoms with Crippen molar-refractivity contribution in [1.82, 2.24) is 4.98 Å². The molecule has 0 aliphatic carbocycles. The van der Waals surface area contributed by atoms with E-state index in [9.17, 15) is 4.79 Å². The molecule has 0 bridgehead atoms. The zero-order valence-corrected chi connectivity index (χ0v) is 15.5. The van der Waals surface area contributed by atoms with Gasteiger partial charge < -0.3 is 14.8 Å². The molecule has 3 rings (SSSR count). The van der Waals surface area contributed by atoms with Crippen molar-refractivity contribution in [1.29, 1.82) is 0 Å². The molecule has 0 fully saturated rings. The number of aryl methyl sites for hydroxylation is 1. The van der Waals surface area contributed by atoms with E-state index in [-0.39, 0.29) is 5.91 Å². The fraction of sp³-hybridized carbons (Fsp3) is 0.200. The first-order valence-electron chi connectivity index (χ1n) is 8.21. The predicted octanol–water partition coefficient (Wildman–Crippen LogP) is 4.40. The van der Waals surface area contributed by atoms with Crippen molar-refractivity contribution in [2.45, 2.75) is 12.8 Å². The first-order valence-corrected chi connectivity index (χ1v) is 9.09. The van der Waals surface area contributed by atoms with Gasteiger partial charge in [0.15, 0.2) is 5.13 Å². The van der Waals surface area contributed by atoms with Crippen LogP contribution in [0.3, 0.4) is 0 Å². The lowest BCUT2D eigenvalue weighted by molar-refractivity contribution is -0.116. The highest BCUT2D eigenvalue weighted by molar-refractivity contribution is 7.14. The Balaban J connectivity index is 1.59. The Labute approximate surface area is 156 Å². The summed E-state index contributed by atoms with van der Waals surface area (Å²) in [6.07, 6.45) is 0.990. The minimum Gasteiger partial charge on any atom is -0.497 e. The van der Waals surface area contributed by atoms with Crippen LogP contribution in [0, 0.1) is 0 Å². The molecular formula is C20H20N2O3S. The molecule has 5 nitrogen and oxygen atoms in total. The molecule has 134 valence electrons. The molecule has 0 spiro atoms. The summed E-state index contributed by atoms with van der Waals surface area (Å²) < 4.78 is 10.5. The van der Waals surface area contributed by atoms with Crippen molar-refractivity contribution in [3.63, 3.8) is 0 Å². The van der Waals surface area contributed by atoms with Gasteiger partial charge in [-0.3, -0.25) is 4.79 Å². The minimum atomic E-state index is -0.0634. The van der Waals surface area contributed by atoms with E-state index in [0.717, 1.165) is 28.3 Å². The van der Waals surface area contributed by atoms with Gasteiger partial charge in [-0.2, -0.15) is 0 Å². The zero-order valence-electron chi connectivity index (χ0n) is 14.7. The normalized spacial score (nSPS) is 10.4. The van der Waals surface area contributed by atoms with Crippen molar-refractivity contribution in [3.8, 4) is 22.8 Å². The van der Waals surface area contributed by atoms with E-state index in [4.69, 9.17) is 9.47 Å². The Bertz CT molecular complexity index is 875. The number of aromatic nitrogens is 1. The van der Waals surface area contributed by atoms with Gasteiger partial charge >= 0.3 is 0 Å². The number of anilines is 1. The number of carbonyl (C=O) groups is 1. The molecule has 0 radical (unpaired) electrons. The lowest BCUT2D eigenvalue weighted by atomic mass is 10.1. The molecule has 0 unspecified atom stereocenters. The number of rotatable bonds is 7. The highest BCUT2D eigenvalue weighted by Gasteiger charge is 2.10. The number of thiazole rings is 1. The van der Waals surface area contributed by atoms with Crippen LogP contribution in [0.5, 0.6) is 11.5 Å². The molecule has 1 aromatic heterocycles. The molecule has 0 aliphatic rings. The molecule has 1 N–H and O–H groups in total. The fourth-order valence-electron chi connectivity index (χ4n) is 2.56. The number of benzene rings is 2. The fourth-order valence-corrected chi connectivity index (χ4v) is 3.30. The Kier molecular flexibility index (Phi) is 5.86. The summed E-state index contributed by atoms with van der Waals surface area (Å²) in [6, 6.07) is 15.4. The third-order valence-corrected chi connectivity index (χ3v) is 4.71. The molecule has 2 aromatic carbocycles. The molecule has 3 aromatic rings. The number of hydrogen-bond acceptors (Lipinski definition) is 5. The van der Waals surface area contributed by atoms with Crippen LogP contribution >= 0.6 is 11.3 Å². The van der Waals surface area contributed by atoms with Gasteiger partial charge in [0.05, 0.1) is 19.9 Å². The van der Waals surface area contributed by atoms with E-state index in [0.29, 0.717) is 18.0 Å². The average molecular weight is 368 g/mol. The molecule has 0 saturated carbocycles. The summed E-state index contributed by atoms with van der Waals surface area (Å²) in [5.41, 5.74) is 2.83. The summed E-state index contributed by atoms with van der Waals surface area (Å²) in [6.45, 7) is 0. The van der Waals surface area contributed by atoms with Crippen molar-refractivity contribution < 1.29 is 14.3 Å². The van der Waals surface area contributed by atoms with Gasteiger partial charge in [-0.15, -0.1) is 11.3 Å². The van der Waals surface area contributed by atoms with Crippen LogP contribution < -0.4 is 14.8 Å². The smallest absolute Gasteiger partial charge is 0.226 e. The predicted molar refractivity (Wildman–Crippen MR) is 104 cm³/mol. The largest absolute Gasteiger partial charge is 0.497 e. The number of hydrogen-bond donors (Lipinski definition) is 1. The highest BCUT2D eigenvalue weighted by Crippen LogP contribution is 2.26. The quantitative estimate of drug-likeness (QED) is 0.671. The van der Waals surface area contributed by atoms with Crippen LogP contribution in [0.25, 0.3) is 11.3 Å². The van der Waals surface area contributed by atoms with E-state index in [2.05, 4.69) is 10.3 Å². The number of amides is 1. The average Bonchev–Trinajstić information content (AvgIpc) is 3.15. The molecule has 0 atom stereocenters.